The van der Waals surface area contributed by atoms with Gasteiger partial charge in [0, 0.05) is 11.6 Å². The van der Waals surface area contributed by atoms with Crippen LogP contribution in [-0.4, -0.2) is 38.1 Å². The van der Waals surface area contributed by atoms with Crippen molar-refractivity contribution in [2.24, 2.45) is 0 Å². The Morgan fingerprint density at radius 2 is 2.03 bits per heavy atom. The smallest absolute Gasteiger partial charge is 0.258 e. The number of H-pyrrole nitrogens is 1. The Morgan fingerprint density at radius 3 is 2.83 bits per heavy atom. The van der Waals surface area contributed by atoms with Gasteiger partial charge in [-0.2, -0.15) is 0 Å². The van der Waals surface area contributed by atoms with E-state index in [1.54, 1.807) is 34.4 Å². The lowest BCUT2D eigenvalue weighted by molar-refractivity contribution is -0.129. The lowest BCUT2D eigenvalue weighted by Crippen LogP contribution is -2.34. The van der Waals surface area contributed by atoms with Crippen LogP contribution in [0.5, 0.6) is 0 Å². The Morgan fingerprint density at radius 1 is 1.20 bits per heavy atom. The van der Waals surface area contributed by atoms with Gasteiger partial charge in [0.1, 0.15) is 5.82 Å². The van der Waals surface area contributed by atoms with E-state index in [9.17, 15) is 9.59 Å². The minimum absolute atomic E-state index is 0.0186. The molecule has 0 aliphatic carbocycles. The molecule has 2 aromatic carbocycles. The van der Waals surface area contributed by atoms with Crippen LogP contribution in [-0.2, 0) is 11.3 Å². The second-order valence-electron chi connectivity index (χ2n) is 6.73. The van der Waals surface area contributed by atoms with Gasteiger partial charge in [-0.25, -0.2) is 9.97 Å². The first-order valence-corrected chi connectivity index (χ1v) is 11.7. The predicted molar refractivity (Wildman–Crippen MR) is 123 cm³/mol. The molecule has 0 aliphatic rings. The number of hydrogen-bond acceptors (Lipinski definition) is 6. The normalized spacial score (nSPS) is 11.3. The molecule has 0 radical (unpaired) electrons. The Bertz CT molecular complexity index is 1240. The molecular formula is C21H19ClN4O2S2. The summed E-state index contributed by atoms with van der Waals surface area (Å²) in [5.41, 5.74) is 1.23. The highest BCUT2D eigenvalue weighted by Crippen LogP contribution is 2.29. The van der Waals surface area contributed by atoms with Gasteiger partial charge >= 0.3 is 0 Å². The molecule has 2 heterocycles. The van der Waals surface area contributed by atoms with Crippen molar-refractivity contribution in [1.82, 2.24) is 19.9 Å². The van der Waals surface area contributed by atoms with Crippen molar-refractivity contribution in [3.8, 4) is 0 Å². The highest BCUT2D eigenvalue weighted by Gasteiger charge is 2.17. The molecule has 6 nitrogen and oxygen atoms in total. The number of aromatic amines is 1. The summed E-state index contributed by atoms with van der Waals surface area (Å²) in [6.45, 7) is 2.83. The van der Waals surface area contributed by atoms with Crippen LogP contribution in [0.15, 0.2) is 51.6 Å². The molecule has 0 unspecified atom stereocenters. The zero-order valence-electron chi connectivity index (χ0n) is 16.2. The Hall–Kier alpha value is -2.42. The number of benzene rings is 2. The summed E-state index contributed by atoms with van der Waals surface area (Å²) >= 11 is 9.05. The van der Waals surface area contributed by atoms with E-state index in [0.29, 0.717) is 28.3 Å². The van der Waals surface area contributed by atoms with Gasteiger partial charge in [0.15, 0.2) is 4.34 Å². The third-order valence-electron chi connectivity index (χ3n) is 4.50. The van der Waals surface area contributed by atoms with E-state index < -0.39 is 0 Å². The van der Waals surface area contributed by atoms with E-state index in [1.807, 2.05) is 31.2 Å². The number of nitrogens with one attached hydrogen (secondary N) is 1. The molecule has 0 saturated carbocycles. The van der Waals surface area contributed by atoms with Gasteiger partial charge < -0.3 is 9.88 Å². The quantitative estimate of drug-likeness (QED) is 0.405. The summed E-state index contributed by atoms with van der Waals surface area (Å²) in [5, 5.41) is 0.989. The third-order valence-corrected chi connectivity index (χ3v) is 6.90. The molecule has 9 heteroatoms. The fourth-order valence-electron chi connectivity index (χ4n) is 3.11. The Balaban J connectivity index is 1.49. The number of hydrogen-bond donors (Lipinski definition) is 1. The summed E-state index contributed by atoms with van der Waals surface area (Å²) < 4.78 is 1.97. The van der Waals surface area contributed by atoms with Gasteiger partial charge in [-0.1, -0.05) is 42.4 Å². The molecule has 0 spiro atoms. The molecule has 0 atom stereocenters. The first-order chi connectivity index (χ1) is 14.5. The number of para-hydroxylation sites is 1. The molecule has 4 rings (SSSR count). The number of carbonyl (C=O) groups excluding carboxylic acids is 1. The fraction of sp³-hybridized carbons (Fsp3) is 0.238. The minimum Gasteiger partial charge on any atom is -0.335 e. The molecule has 0 saturated heterocycles. The third kappa shape index (κ3) is 4.66. The van der Waals surface area contributed by atoms with Gasteiger partial charge in [0.25, 0.3) is 5.56 Å². The van der Waals surface area contributed by atoms with Gasteiger partial charge in [-0.15, -0.1) is 11.3 Å². The van der Waals surface area contributed by atoms with Crippen molar-refractivity contribution >= 4 is 61.7 Å². The number of nitrogens with zero attached hydrogens (tertiary/aromatic N) is 3. The SMILES string of the molecule is CCCN(Cc1nc2cc(Cl)ccc2c(=O)[nH]1)C(=O)CSc1nc2ccccc2s1. The van der Waals surface area contributed by atoms with Crippen LogP contribution in [0, 0.1) is 0 Å². The first kappa shape index (κ1) is 20.8. The maximum atomic E-state index is 12.9. The summed E-state index contributed by atoms with van der Waals surface area (Å²) in [6, 6.07) is 12.9. The van der Waals surface area contributed by atoms with Crippen LogP contribution in [0.25, 0.3) is 21.1 Å². The van der Waals surface area contributed by atoms with Crippen molar-refractivity contribution in [2.45, 2.75) is 24.2 Å². The number of fused-ring (bicyclic) bond motifs is 2. The van der Waals surface area contributed by atoms with Crippen LogP contribution in [0.2, 0.25) is 5.02 Å². The fourth-order valence-corrected chi connectivity index (χ4v) is 5.24. The van der Waals surface area contributed by atoms with Gasteiger partial charge in [-0.3, -0.25) is 9.59 Å². The predicted octanol–water partition coefficient (Wildman–Crippen LogP) is 4.72. The molecule has 0 aliphatic heterocycles. The number of carbonyl (C=O) groups is 1. The molecule has 1 N–H and O–H groups in total. The van der Waals surface area contributed by atoms with Gasteiger partial charge in [0.05, 0.1) is 33.4 Å². The minimum atomic E-state index is -0.237. The van der Waals surface area contributed by atoms with Crippen molar-refractivity contribution in [3.63, 3.8) is 0 Å². The zero-order chi connectivity index (χ0) is 21.1. The molecule has 0 bridgehead atoms. The molecular weight excluding hydrogens is 440 g/mol. The monoisotopic (exact) mass is 458 g/mol. The first-order valence-electron chi connectivity index (χ1n) is 9.48. The Labute approximate surface area is 186 Å². The molecule has 2 aromatic heterocycles. The Kier molecular flexibility index (Phi) is 6.36. The van der Waals surface area contributed by atoms with E-state index in [2.05, 4.69) is 15.0 Å². The van der Waals surface area contributed by atoms with E-state index in [0.717, 1.165) is 21.0 Å². The number of thioether (sulfide) groups is 1. The van der Waals surface area contributed by atoms with Crippen molar-refractivity contribution in [2.75, 3.05) is 12.3 Å². The molecule has 154 valence electrons. The van der Waals surface area contributed by atoms with Crippen LogP contribution < -0.4 is 5.56 Å². The van der Waals surface area contributed by atoms with E-state index in [1.165, 1.54) is 11.8 Å². The van der Waals surface area contributed by atoms with Crippen LogP contribution >= 0.6 is 34.7 Å². The maximum Gasteiger partial charge on any atom is 0.258 e. The number of rotatable bonds is 7. The highest BCUT2D eigenvalue weighted by molar-refractivity contribution is 8.01. The second-order valence-corrected chi connectivity index (χ2v) is 9.42. The summed E-state index contributed by atoms with van der Waals surface area (Å²) in [4.78, 5) is 38.8. The van der Waals surface area contributed by atoms with Crippen molar-refractivity contribution in [3.05, 3.63) is 63.7 Å². The van der Waals surface area contributed by atoms with E-state index in [-0.39, 0.29) is 23.8 Å². The largest absolute Gasteiger partial charge is 0.335 e. The zero-order valence-corrected chi connectivity index (χ0v) is 18.6. The molecule has 4 aromatic rings. The van der Waals surface area contributed by atoms with E-state index in [4.69, 9.17) is 11.6 Å². The number of thiazole rings is 1. The summed E-state index contributed by atoms with van der Waals surface area (Å²) in [7, 11) is 0. The number of aromatic nitrogens is 3. The maximum absolute atomic E-state index is 12.9. The molecule has 30 heavy (non-hydrogen) atoms. The van der Waals surface area contributed by atoms with Gasteiger partial charge in [-0.05, 0) is 36.8 Å². The molecule has 0 fully saturated rings. The standard InChI is InChI=1S/C21H19ClN4O2S2/c1-2-9-26(11-18-23-16-10-13(22)7-8-14(16)20(28)25-18)19(27)12-29-21-24-15-5-3-4-6-17(15)30-21/h3-8,10H,2,9,11-12H2,1H3,(H,23,25,28). The lowest BCUT2D eigenvalue weighted by atomic mass is 10.2. The van der Waals surface area contributed by atoms with Crippen molar-refractivity contribution < 1.29 is 4.79 Å². The number of halogens is 1. The summed E-state index contributed by atoms with van der Waals surface area (Å²) in [5.74, 6) is 0.709. The van der Waals surface area contributed by atoms with E-state index >= 15 is 0 Å². The lowest BCUT2D eigenvalue weighted by Gasteiger charge is -2.21. The average Bonchev–Trinajstić information content (AvgIpc) is 3.14. The van der Waals surface area contributed by atoms with Crippen LogP contribution in [0.3, 0.4) is 0 Å². The number of amides is 1. The van der Waals surface area contributed by atoms with Crippen molar-refractivity contribution in [1.29, 1.82) is 0 Å². The summed E-state index contributed by atoms with van der Waals surface area (Å²) in [6.07, 6.45) is 0.807. The molecule has 1 amide bonds. The highest BCUT2D eigenvalue weighted by atomic mass is 35.5. The average molecular weight is 459 g/mol. The topological polar surface area (TPSA) is 79.0 Å². The second kappa shape index (κ2) is 9.16. The van der Waals surface area contributed by atoms with Gasteiger partial charge in [0.2, 0.25) is 5.91 Å². The van der Waals surface area contributed by atoms with Crippen LogP contribution in [0.4, 0.5) is 0 Å². The van der Waals surface area contributed by atoms with Crippen LogP contribution in [0.1, 0.15) is 19.2 Å².